The Labute approximate surface area is 193 Å². The van der Waals surface area contributed by atoms with Gasteiger partial charge in [-0.2, -0.15) is 0 Å². The first kappa shape index (κ1) is 22.8. The molecule has 4 aliphatic carbocycles. The van der Waals surface area contributed by atoms with Crippen LogP contribution < -0.4 is 34.7 Å². The first-order valence-corrected chi connectivity index (χ1v) is 11.5. The summed E-state index contributed by atoms with van der Waals surface area (Å²) in [7, 11) is 0. The Morgan fingerprint density at radius 1 is 0.929 bits per heavy atom. The van der Waals surface area contributed by atoms with Crippen molar-refractivity contribution < 1.29 is 44.3 Å². The molecule has 4 heteroatoms. The van der Waals surface area contributed by atoms with Gasteiger partial charge in [0.15, 0.2) is 5.78 Å². The monoisotopic (exact) mass is 396 g/mol. The van der Waals surface area contributed by atoms with Crippen LogP contribution in [0.25, 0.3) is 0 Å². The Bertz CT molecular complexity index is 619. The van der Waals surface area contributed by atoms with Crippen LogP contribution in [0, 0.1) is 46.3 Å². The number of carbonyl (C=O) groups excluding carboxylic acids is 2. The minimum atomic E-state index is -1.51. The summed E-state index contributed by atoms with van der Waals surface area (Å²) in [5.41, 5.74) is 0.863. The molecule has 3 nitrogen and oxygen atoms in total. The van der Waals surface area contributed by atoms with E-state index < -0.39 is 11.8 Å². The molecule has 152 valence electrons. The molecule has 0 aromatic carbocycles. The molecule has 0 aromatic heterocycles. The number of carboxylic acids is 1. The van der Waals surface area contributed by atoms with Gasteiger partial charge in [0.05, 0.1) is 0 Å². The van der Waals surface area contributed by atoms with Gasteiger partial charge in [-0.15, -0.1) is 0 Å². The van der Waals surface area contributed by atoms with Crippen molar-refractivity contribution in [1.82, 2.24) is 0 Å². The number of Topliss-reactive ketones (excluding diaryl/α,β-unsaturated/α-hetero) is 1. The third kappa shape index (κ3) is 3.56. The minimum absolute atomic E-state index is 0. The molecular weight excluding hydrogens is 359 g/mol. The second-order valence-electron chi connectivity index (χ2n) is 11.0. The van der Waals surface area contributed by atoms with Crippen LogP contribution in [0.4, 0.5) is 0 Å². The zero-order valence-electron chi connectivity index (χ0n) is 18.5. The zero-order chi connectivity index (χ0) is 19.4. The molecular formula is C24H37NaO3. The van der Waals surface area contributed by atoms with Crippen molar-refractivity contribution in [2.75, 3.05) is 0 Å². The molecule has 1 unspecified atom stereocenters. The Hall–Kier alpha value is 0.140. The van der Waals surface area contributed by atoms with Crippen LogP contribution in [-0.4, -0.2) is 11.8 Å². The SMILES string of the molecule is C[C@H](CC(=O)C(=O)[O-])[C@H]1CC[C@H]2[C@@H]3CCC4CCCC[C@]4(C)[C@H]3CC[C@]12C.[Na+]. The molecule has 4 aliphatic rings. The molecule has 0 aromatic rings. The van der Waals surface area contributed by atoms with Crippen molar-refractivity contribution in [3.8, 4) is 0 Å². The van der Waals surface area contributed by atoms with E-state index in [4.69, 9.17) is 0 Å². The zero-order valence-corrected chi connectivity index (χ0v) is 20.5. The van der Waals surface area contributed by atoms with Gasteiger partial charge in [0.25, 0.3) is 0 Å². The van der Waals surface area contributed by atoms with Crippen molar-refractivity contribution in [1.29, 1.82) is 0 Å². The molecule has 4 fully saturated rings. The fourth-order valence-electron chi connectivity index (χ4n) is 8.79. The first-order valence-electron chi connectivity index (χ1n) is 11.5. The number of fused-ring (bicyclic) bond motifs is 5. The number of aliphatic carboxylic acids is 1. The van der Waals surface area contributed by atoms with Crippen LogP contribution in [0.5, 0.6) is 0 Å². The van der Waals surface area contributed by atoms with Crippen LogP contribution in [-0.2, 0) is 9.59 Å². The van der Waals surface area contributed by atoms with E-state index >= 15 is 0 Å². The molecule has 4 saturated carbocycles. The molecule has 8 atom stereocenters. The number of carboxylic acid groups (broad SMARTS) is 1. The summed E-state index contributed by atoms with van der Waals surface area (Å²) >= 11 is 0. The van der Waals surface area contributed by atoms with E-state index in [1.54, 1.807) is 0 Å². The Balaban J connectivity index is 0.00000225. The largest absolute Gasteiger partial charge is 1.00 e. The topological polar surface area (TPSA) is 57.2 Å². The van der Waals surface area contributed by atoms with Crippen LogP contribution >= 0.6 is 0 Å². The van der Waals surface area contributed by atoms with Crippen molar-refractivity contribution in [3.63, 3.8) is 0 Å². The summed E-state index contributed by atoms with van der Waals surface area (Å²) in [5, 5.41) is 10.9. The third-order valence-electron chi connectivity index (χ3n) is 10.1. The van der Waals surface area contributed by atoms with E-state index in [2.05, 4.69) is 20.8 Å². The summed E-state index contributed by atoms with van der Waals surface area (Å²) in [6, 6.07) is 0. The molecule has 0 radical (unpaired) electrons. The average molecular weight is 397 g/mol. The average Bonchev–Trinajstić information content (AvgIpc) is 2.98. The maximum absolute atomic E-state index is 11.7. The van der Waals surface area contributed by atoms with Crippen LogP contribution in [0.2, 0.25) is 0 Å². The molecule has 4 rings (SSSR count). The Morgan fingerprint density at radius 2 is 1.64 bits per heavy atom. The van der Waals surface area contributed by atoms with Gasteiger partial charge in [0.2, 0.25) is 0 Å². The van der Waals surface area contributed by atoms with Gasteiger partial charge >= 0.3 is 29.6 Å². The van der Waals surface area contributed by atoms with Gasteiger partial charge < -0.3 is 9.90 Å². The number of carbonyl (C=O) groups is 2. The van der Waals surface area contributed by atoms with Crippen LogP contribution in [0.15, 0.2) is 0 Å². The number of hydrogen-bond donors (Lipinski definition) is 0. The molecule has 0 aliphatic heterocycles. The summed E-state index contributed by atoms with van der Waals surface area (Å²) in [4.78, 5) is 22.6. The predicted octanol–water partition coefficient (Wildman–Crippen LogP) is 1.38. The van der Waals surface area contributed by atoms with E-state index in [9.17, 15) is 14.7 Å². The first-order chi connectivity index (χ1) is 12.8. The second-order valence-corrected chi connectivity index (χ2v) is 11.0. The number of hydrogen-bond acceptors (Lipinski definition) is 3. The standard InChI is InChI=1S/C24H38O3.Na/c1-15(14-21(25)22(26)27)18-9-10-19-17-8-7-16-6-4-5-12-23(16,2)20(17)11-13-24(18,19)3;/h15-20H,4-14H2,1-3H3,(H,26,27);/q;+1/p-1/t15-,16?,17+,18-,19+,20+,23+,24-;/m1./s1. The van der Waals surface area contributed by atoms with Gasteiger partial charge in [-0.3, -0.25) is 4.79 Å². The van der Waals surface area contributed by atoms with Crippen LogP contribution in [0.3, 0.4) is 0 Å². The van der Waals surface area contributed by atoms with E-state index in [-0.39, 0.29) is 41.9 Å². The molecule has 0 heterocycles. The molecule has 0 amide bonds. The van der Waals surface area contributed by atoms with E-state index in [1.165, 1.54) is 64.2 Å². The number of rotatable bonds is 4. The van der Waals surface area contributed by atoms with Gasteiger partial charge in [0.1, 0.15) is 5.97 Å². The van der Waals surface area contributed by atoms with E-state index in [0.717, 1.165) is 23.7 Å². The van der Waals surface area contributed by atoms with Crippen molar-refractivity contribution >= 4 is 11.8 Å². The predicted molar refractivity (Wildman–Crippen MR) is 104 cm³/mol. The molecule has 0 saturated heterocycles. The fraction of sp³-hybridized carbons (Fsp3) is 0.917. The maximum Gasteiger partial charge on any atom is 1.00 e. The van der Waals surface area contributed by atoms with Gasteiger partial charge in [-0.05, 0) is 97.7 Å². The summed E-state index contributed by atoms with van der Waals surface area (Å²) in [6.45, 7) is 7.19. The van der Waals surface area contributed by atoms with Gasteiger partial charge in [-0.1, -0.05) is 33.6 Å². The Morgan fingerprint density at radius 3 is 2.36 bits per heavy atom. The minimum Gasteiger partial charge on any atom is -0.542 e. The van der Waals surface area contributed by atoms with Crippen molar-refractivity contribution in [2.24, 2.45) is 46.3 Å². The summed E-state index contributed by atoms with van der Waals surface area (Å²) in [5.74, 6) is 1.92. The van der Waals surface area contributed by atoms with Crippen molar-refractivity contribution in [3.05, 3.63) is 0 Å². The van der Waals surface area contributed by atoms with Crippen LogP contribution in [0.1, 0.15) is 91.4 Å². The van der Waals surface area contributed by atoms with Gasteiger partial charge in [0, 0.05) is 6.42 Å². The van der Waals surface area contributed by atoms with E-state index in [1.807, 2.05) is 0 Å². The molecule has 28 heavy (non-hydrogen) atoms. The van der Waals surface area contributed by atoms with Crippen molar-refractivity contribution in [2.45, 2.75) is 91.4 Å². The second kappa shape index (κ2) is 8.35. The van der Waals surface area contributed by atoms with E-state index in [0.29, 0.717) is 16.7 Å². The normalized spacial score (nSPS) is 45.8. The van der Waals surface area contributed by atoms with Gasteiger partial charge in [-0.25, -0.2) is 0 Å². The number of ketones is 1. The third-order valence-corrected chi connectivity index (χ3v) is 10.1. The smallest absolute Gasteiger partial charge is 0.542 e. The molecule has 0 spiro atoms. The summed E-state index contributed by atoms with van der Waals surface area (Å²) < 4.78 is 0. The molecule has 0 N–H and O–H groups in total. The quantitative estimate of drug-likeness (QED) is 0.533. The molecule has 0 bridgehead atoms. The summed E-state index contributed by atoms with van der Waals surface area (Å²) in [6.07, 6.45) is 13.8. The fourth-order valence-corrected chi connectivity index (χ4v) is 8.79. The maximum atomic E-state index is 11.7. The Kier molecular flexibility index (Phi) is 6.80.